The first-order valence-electron chi connectivity index (χ1n) is 13.1. The summed E-state index contributed by atoms with van der Waals surface area (Å²) in [5.74, 6) is 1.90. The Balaban J connectivity index is 1.21. The Morgan fingerprint density at radius 1 is 1.03 bits per heavy atom. The van der Waals surface area contributed by atoms with Crippen molar-refractivity contribution in [2.24, 2.45) is 5.92 Å². The number of methoxy groups -OCH3 is 1. The van der Waals surface area contributed by atoms with Crippen LogP contribution in [0.5, 0.6) is 17.2 Å². The van der Waals surface area contributed by atoms with Gasteiger partial charge in [-0.2, -0.15) is 0 Å². The molecule has 38 heavy (non-hydrogen) atoms. The van der Waals surface area contributed by atoms with Crippen LogP contribution in [0, 0.1) is 5.92 Å². The van der Waals surface area contributed by atoms with Gasteiger partial charge >= 0.3 is 0 Å². The van der Waals surface area contributed by atoms with E-state index < -0.39 is 0 Å². The molecule has 6 rings (SSSR count). The van der Waals surface area contributed by atoms with Crippen molar-refractivity contribution in [3.05, 3.63) is 30.2 Å². The van der Waals surface area contributed by atoms with Crippen LogP contribution in [0.4, 0.5) is 0 Å². The number of carbonyl (C=O) groups excluding carboxylic acids is 2. The van der Waals surface area contributed by atoms with Crippen LogP contribution in [-0.4, -0.2) is 66.0 Å². The third kappa shape index (κ3) is 4.85. The van der Waals surface area contributed by atoms with Gasteiger partial charge in [0.1, 0.15) is 29.9 Å². The van der Waals surface area contributed by atoms with E-state index in [2.05, 4.69) is 25.6 Å². The summed E-state index contributed by atoms with van der Waals surface area (Å²) in [6.07, 6.45) is 8.45. The summed E-state index contributed by atoms with van der Waals surface area (Å²) < 4.78 is 22.4. The van der Waals surface area contributed by atoms with E-state index in [0.717, 1.165) is 38.5 Å². The first kappa shape index (κ1) is 24.5. The number of rotatable bonds is 9. The normalized spacial score (nSPS) is 20.3. The minimum absolute atomic E-state index is 0.0477. The molecule has 11 nitrogen and oxygen atoms in total. The summed E-state index contributed by atoms with van der Waals surface area (Å²) in [6.45, 7) is 0.875. The number of H-pyrrole nitrogens is 1. The predicted molar refractivity (Wildman–Crippen MR) is 137 cm³/mol. The molecule has 200 valence electrons. The molecule has 3 heterocycles. The minimum Gasteiger partial charge on any atom is -0.490 e. The lowest BCUT2D eigenvalue weighted by molar-refractivity contribution is -0.123. The van der Waals surface area contributed by atoms with Crippen molar-refractivity contribution in [3.63, 3.8) is 0 Å². The Labute approximate surface area is 219 Å². The van der Waals surface area contributed by atoms with E-state index in [1.165, 1.54) is 6.33 Å². The van der Waals surface area contributed by atoms with Crippen LogP contribution >= 0.6 is 0 Å². The van der Waals surface area contributed by atoms with Crippen molar-refractivity contribution < 1.29 is 28.5 Å². The van der Waals surface area contributed by atoms with E-state index in [0.29, 0.717) is 58.3 Å². The second-order valence-corrected chi connectivity index (χ2v) is 9.97. The second kappa shape index (κ2) is 10.5. The van der Waals surface area contributed by atoms with E-state index in [4.69, 9.17) is 18.9 Å². The number of aromatic amines is 1. The number of amides is 2. The van der Waals surface area contributed by atoms with E-state index >= 15 is 0 Å². The van der Waals surface area contributed by atoms with Crippen molar-refractivity contribution in [2.75, 3.05) is 27.1 Å². The summed E-state index contributed by atoms with van der Waals surface area (Å²) >= 11 is 0. The van der Waals surface area contributed by atoms with Gasteiger partial charge in [0.05, 0.1) is 23.3 Å². The first-order chi connectivity index (χ1) is 18.6. The standard InChI is InChI=1S/C27H31N5O6/c1-35-10-11-36-19-8-9-20-25(38-14-37-20)21(19)23-24-22(29-13-30-23)18(12-28-24)27(34)32-17-6-4-16(5-7-17)31-26(33)15-2-3-15/h8-9,12-13,15-17,28H,2-7,10-11,14H2,1H3,(H,31,33)(H,32,34). The number of nitrogens with zero attached hydrogens (tertiary/aromatic N) is 2. The van der Waals surface area contributed by atoms with Crippen LogP contribution in [0.3, 0.4) is 0 Å². The molecule has 0 unspecified atom stereocenters. The van der Waals surface area contributed by atoms with Gasteiger partial charge in [-0.05, 0) is 50.7 Å². The zero-order chi connectivity index (χ0) is 26.1. The van der Waals surface area contributed by atoms with E-state index in [1.807, 2.05) is 6.07 Å². The van der Waals surface area contributed by atoms with Gasteiger partial charge in [-0.3, -0.25) is 9.59 Å². The third-order valence-electron chi connectivity index (χ3n) is 7.35. The highest BCUT2D eigenvalue weighted by Gasteiger charge is 2.33. The van der Waals surface area contributed by atoms with Crippen LogP contribution in [0.25, 0.3) is 22.3 Å². The molecule has 0 bridgehead atoms. The summed E-state index contributed by atoms with van der Waals surface area (Å²) in [7, 11) is 1.61. The molecule has 3 N–H and O–H groups in total. The molecule has 0 saturated heterocycles. The van der Waals surface area contributed by atoms with Gasteiger partial charge < -0.3 is 34.6 Å². The fraction of sp³-hybridized carbons (Fsp3) is 0.481. The van der Waals surface area contributed by atoms with Gasteiger partial charge in [0.2, 0.25) is 12.7 Å². The number of aromatic nitrogens is 3. The number of benzene rings is 1. The van der Waals surface area contributed by atoms with Crippen molar-refractivity contribution in [1.29, 1.82) is 0 Å². The monoisotopic (exact) mass is 521 g/mol. The molecule has 3 aliphatic rings. The number of hydrogen-bond acceptors (Lipinski definition) is 8. The Kier molecular flexibility index (Phi) is 6.75. The molecular formula is C27H31N5O6. The maximum atomic E-state index is 13.3. The molecule has 2 amide bonds. The molecular weight excluding hydrogens is 490 g/mol. The van der Waals surface area contributed by atoms with E-state index in [1.54, 1.807) is 19.4 Å². The topological polar surface area (TPSA) is 137 Å². The van der Waals surface area contributed by atoms with Crippen LogP contribution in [0.15, 0.2) is 24.7 Å². The van der Waals surface area contributed by atoms with Crippen LogP contribution < -0.4 is 24.8 Å². The van der Waals surface area contributed by atoms with Gasteiger partial charge in [0.25, 0.3) is 5.91 Å². The highest BCUT2D eigenvalue weighted by molar-refractivity contribution is 6.08. The van der Waals surface area contributed by atoms with Gasteiger partial charge in [-0.15, -0.1) is 0 Å². The Morgan fingerprint density at radius 3 is 2.58 bits per heavy atom. The second-order valence-electron chi connectivity index (χ2n) is 9.97. The van der Waals surface area contributed by atoms with Gasteiger partial charge in [-0.25, -0.2) is 9.97 Å². The first-order valence-corrected chi connectivity index (χ1v) is 13.1. The summed E-state index contributed by atoms with van der Waals surface area (Å²) in [5.41, 5.74) is 2.74. The number of fused-ring (bicyclic) bond motifs is 2. The smallest absolute Gasteiger partial charge is 0.255 e. The lowest BCUT2D eigenvalue weighted by atomic mass is 9.91. The Bertz CT molecular complexity index is 1350. The maximum absolute atomic E-state index is 13.3. The predicted octanol–water partition coefficient (Wildman–Crippen LogP) is 2.95. The molecule has 2 fully saturated rings. The van der Waals surface area contributed by atoms with Gasteiger partial charge in [-0.1, -0.05) is 0 Å². The van der Waals surface area contributed by atoms with Crippen molar-refractivity contribution >= 4 is 22.8 Å². The molecule has 2 saturated carbocycles. The molecule has 2 aromatic heterocycles. The van der Waals surface area contributed by atoms with E-state index in [-0.39, 0.29) is 36.6 Å². The molecule has 0 atom stereocenters. The highest BCUT2D eigenvalue weighted by Crippen LogP contribution is 2.47. The number of ether oxygens (including phenoxy) is 4. The maximum Gasteiger partial charge on any atom is 0.255 e. The van der Waals surface area contributed by atoms with Crippen LogP contribution in [0.1, 0.15) is 48.9 Å². The van der Waals surface area contributed by atoms with Crippen molar-refractivity contribution in [3.8, 4) is 28.5 Å². The lowest BCUT2D eigenvalue weighted by Crippen LogP contribution is -2.44. The van der Waals surface area contributed by atoms with Crippen molar-refractivity contribution in [1.82, 2.24) is 25.6 Å². The fourth-order valence-corrected chi connectivity index (χ4v) is 5.15. The largest absolute Gasteiger partial charge is 0.490 e. The van der Waals surface area contributed by atoms with Gasteiger partial charge in [0.15, 0.2) is 11.5 Å². The SMILES string of the molecule is COCCOc1ccc2c(c1-c1ncnc3c(C(=O)NC4CCC(NC(=O)C5CC5)CC4)c[nH]c13)OCO2. The molecule has 2 aliphatic carbocycles. The zero-order valence-corrected chi connectivity index (χ0v) is 21.2. The molecule has 1 aromatic carbocycles. The minimum atomic E-state index is -0.194. The summed E-state index contributed by atoms with van der Waals surface area (Å²) in [5, 5.41) is 6.31. The molecule has 11 heteroatoms. The van der Waals surface area contributed by atoms with Gasteiger partial charge in [0, 0.05) is 31.3 Å². The third-order valence-corrected chi connectivity index (χ3v) is 7.35. The molecule has 0 radical (unpaired) electrons. The van der Waals surface area contributed by atoms with E-state index in [9.17, 15) is 9.59 Å². The van der Waals surface area contributed by atoms with Crippen LogP contribution in [0.2, 0.25) is 0 Å². The summed E-state index contributed by atoms with van der Waals surface area (Å²) in [6, 6.07) is 3.85. The average molecular weight is 522 g/mol. The number of nitrogens with one attached hydrogen (secondary N) is 3. The summed E-state index contributed by atoms with van der Waals surface area (Å²) in [4.78, 5) is 37.5. The van der Waals surface area contributed by atoms with Crippen LogP contribution in [-0.2, 0) is 9.53 Å². The number of carbonyl (C=O) groups is 2. The molecule has 1 aliphatic heterocycles. The fourth-order valence-electron chi connectivity index (χ4n) is 5.15. The quantitative estimate of drug-likeness (QED) is 0.366. The molecule has 0 spiro atoms. The highest BCUT2D eigenvalue weighted by atomic mass is 16.7. The van der Waals surface area contributed by atoms with Crippen molar-refractivity contribution in [2.45, 2.75) is 50.6 Å². The molecule has 3 aromatic rings. The Morgan fingerprint density at radius 2 is 1.82 bits per heavy atom. The zero-order valence-electron chi connectivity index (χ0n) is 21.2. The number of hydrogen-bond donors (Lipinski definition) is 3. The average Bonchev–Trinajstić information content (AvgIpc) is 3.51. The lowest BCUT2D eigenvalue weighted by Gasteiger charge is -2.29. The Hall–Kier alpha value is -3.86.